The van der Waals surface area contributed by atoms with Crippen LogP contribution in [0.3, 0.4) is 0 Å². The van der Waals surface area contributed by atoms with Gasteiger partial charge >= 0.3 is 0 Å². The molecule has 0 aliphatic carbocycles. The average Bonchev–Trinajstić information content (AvgIpc) is 2.68. The molecule has 0 saturated carbocycles. The van der Waals surface area contributed by atoms with Crippen LogP contribution in [0.15, 0.2) is 54.6 Å². The van der Waals surface area contributed by atoms with Crippen LogP contribution in [0.25, 0.3) is 0 Å². The van der Waals surface area contributed by atoms with Gasteiger partial charge in [-0.25, -0.2) is 9.97 Å². The minimum atomic E-state index is -0.309. The van der Waals surface area contributed by atoms with E-state index in [2.05, 4.69) is 39.2 Å². The molecule has 0 unspecified atom stereocenters. The van der Waals surface area contributed by atoms with Gasteiger partial charge in [0.1, 0.15) is 23.1 Å². The fraction of sp³-hybridized carbons (Fsp3) is 0.227. The van der Waals surface area contributed by atoms with Crippen LogP contribution in [0, 0.1) is 13.8 Å². The highest BCUT2D eigenvalue weighted by Gasteiger charge is 2.16. The summed E-state index contributed by atoms with van der Waals surface area (Å²) >= 11 is 0. The van der Waals surface area contributed by atoms with Crippen LogP contribution in [0.1, 0.15) is 28.8 Å². The van der Waals surface area contributed by atoms with Gasteiger partial charge in [-0.2, -0.15) is 0 Å². The molecule has 0 bridgehead atoms. The smallest absolute Gasteiger partial charge is 0.274 e. The Morgan fingerprint density at radius 1 is 1.07 bits per heavy atom. The first-order chi connectivity index (χ1) is 13.5. The molecule has 0 fully saturated rings. The predicted molar refractivity (Wildman–Crippen MR) is 112 cm³/mol. The number of ether oxygens (including phenoxy) is 1. The molecule has 1 amide bonds. The van der Waals surface area contributed by atoms with Crippen molar-refractivity contribution in [3.05, 3.63) is 71.7 Å². The predicted octanol–water partition coefficient (Wildman–Crippen LogP) is 4.51. The molecular formula is C22H24N4O2. The third-order valence-electron chi connectivity index (χ3n) is 4.32. The molecule has 3 rings (SSSR count). The first kappa shape index (κ1) is 19.4. The number of benzene rings is 2. The van der Waals surface area contributed by atoms with Crippen LogP contribution in [0.2, 0.25) is 0 Å². The highest BCUT2D eigenvalue weighted by atomic mass is 16.5. The van der Waals surface area contributed by atoms with Gasteiger partial charge in [0.25, 0.3) is 5.91 Å². The van der Waals surface area contributed by atoms with Gasteiger partial charge in [0.05, 0.1) is 12.8 Å². The Bertz CT molecular complexity index is 988. The number of methoxy groups -OCH3 is 1. The SMILES string of the molecule is CCN(c1cccc(C)c1)c1cc(C(=O)Nc2ccccc2OC)nc(C)n1. The number of carbonyl (C=O) groups excluding carboxylic acids is 1. The summed E-state index contributed by atoms with van der Waals surface area (Å²) in [5.74, 6) is 1.51. The van der Waals surface area contributed by atoms with E-state index in [1.54, 1.807) is 32.2 Å². The fourth-order valence-electron chi connectivity index (χ4n) is 3.01. The molecule has 1 N–H and O–H groups in total. The van der Waals surface area contributed by atoms with Crippen LogP contribution in [0.4, 0.5) is 17.2 Å². The monoisotopic (exact) mass is 376 g/mol. The lowest BCUT2D eigenvalue weighted by Crippen LogP contribution is -2.21. The molecule has 0 saturated heterocycles. The molecule has 0 aliphatic rings. The highest BCUT2D eigenvalue weighted by Crippen LogP contribution is 2.26. The number of hydrogen-bond acceptors (Lipinski definition) is 5. The Hall–Kier alpha value is -3.41. The molecule has 144 valence electrons. The van der Waals surface area contributed by atoms with Crippen LogP contribution < -0.4 is 15.0 Å². The number of nitrogens with one attached hydrogen (secondary N) is 1. The summed E-state index contributed by atoms with van der Waals surface area (Å²) in [4.78, 5) is 23.7. The highest BCUT2D eigenvalue weighted by molar-refractivity contribution is 6.04. The summed E-state index contributed by atoms with van der Waals surface area (Å²) in [6.45, 7) is 6.60. The van der Waals surface area contributed by atoms with Crippen molar-refractivity contribution in [2.75, 3.05) is 23.9 Å². The van der Waals surface area contributed by atoms with Gasteiger partial charge in [0.2, 0.25) is 0 Å². The molecule has 0 aliphatic heterocycles. The van der Waals surface area contributed by atoms with Crippen molar-refractivity contribution < 1.29 is 9.53 Å². The van der Waals surface area contributed by atoms with Gasteiger partial charge < -0.3 is 15.0 Å². The minimum absolute atomic E-state index is 0.305. The minimum Gasteiger partial charge on any atom is -0.495 e. The van der Waals surface area contributed by atoms with Gasteiger partial charge in [0, 0.05) is 18.3 Å². The summed E-state index contributed by atoms with van der Waals surface area (Å²) in [7, 11) is 1.57. The Balaban J connectivity index is 1.93. The van der Waals surface area contributed by atoms with Crippen molar-refractivity contribution in [3.63, 3.8) is 0 Å². The number of aromatic nitrogens is 2. The average molecular weight is 376 g/mol. The molecule has 1 heterocycles. The quantitative estimate of drug-likeness (QED) is 0.685. The maximum Gasteiger partial charge on any atom is 0.274 e. The van der Waals surface area contributed by atoms with Crippen molar-refractivity contribution in [2.24, 2.45) is 0 Å². The summed E-state index contributed by atoms with van der Waals surface area (Å²) in [5, 5.41) is 2.87. The van der Waals surface area contributed by atoms with Gasteiger partial charge in [-0.1, -0.05) is 24.3 Å². The molecule has 28 heavy (non-hydrogen) atoms. The van der Waals surface area contributed by atoms with E-state index in [0.717, 1.165) is 11.3 Å². The summed E-state index contributed by atoms with van der Waals surface area (Å²) in [6.07, 6.45) is 0. The number of rotatable bonds is 6. The number of aryl methyl sites for hydroxylation is 2. The van der Waals surface area contributed by atoms with E-state index < -0.39 is 0 Å². The van der Waals surface area contributed by atoms with E-state index >= 15 is 0 Å². The van der Waals surface area contributed by atoms with Crippen LogP contribution >= 0.6 is 0 Å². The number of hydrogen-bond donors (Lipinski definition) is 1. The largest absolute Gasteiger partial charge is 0.495 e. The van der Waals surface area contributed by atoms with Crippen LogP contribution in [0.5, 0.6) is 5.75 Å². The third kappa shape index (κ3) is 4.28. The maximum absolute atomic E-state index is 12.8. The van der Waals surface area contributed by atoms with E-state index in [1.165, 1.54) is 0 Å². The molecule has 2 aromatic carbocycles. The number of amides is 1. The lowest BCUT2D eigenvalue weighted by Gasteiger charge is -2.23. The standard InChI is InChI=1S/C22H24N4O2/c1-5-26(17-10-8-9-15(2)13-17)21-14-19(23-16(3)24-21)22(27)25-18-11-6-7-12-20(18)28-4/h6-14H,5H2,1-4H3,(H,25,27). The normalized spacial score (nSPS) is 10.4. The molecule has 0 atom stereocenters. The molecule has 1 aromatic heterocycles. The Kier molecular flexibility index (Phi) is 5.89. The van der Waals surface area contributed by atoms with Crippen LogP contribution in [-0.2, 0) is 0 Å². The Labute approximate surface area is 165 Å². The summed E-state index contributed by atoms with van der Waals surface area (Å²) < 4.78 is 5.30. The molecular weight excluding hydrogens is 352 g/mol. The molecule has 6 heteroatoms. The van der Waals surface area contributed by atoms with Gasteiger partial charge in [0.15, 0.2) is 0 Å². The lowest BCUT2D eigenvalue weighted by molar-refractivity contribution is 0.102. The zero-order valence-electron chi connectivity index (χ0n) is 16.6. The second-order valence-corrected chi connectivity index (χ2v) is 6.40. The Morgan fingerprint density at radius 2 is 1.86 bits per heavy atom. The Morgan fingerprint density at radius 3 is 2.57 bits per heavy atom. The van der Waals surface area contributed by atoms with Gasteiger partial charge in [-0.05, 0) is 50.6 Å². The lowest BCUT2D eigenvalue weighted by atomic mass is 10.2. The molecule has 0 radical (unpaired) electrons. The third-order valence-corrected chi connectivity index (χ3v) is 4.32. The van der Waals surface area contributed by atoms with Gasteiger partial charge in [-0.15, -0.1) is 0 Å². The topological polar surface area (TPSA) is 67.4 Å². The number of nitrogens with zero attached hydrogens (tertiary/aromatic N) is 3. The van der Waals surface area contributed by atoms with E-state index in [1.807, 2.05) is 31.2 Å². The number of anilines is 3. The second-order valence-electron chi connectivity index (χ2n) is 6.40. The van der Waals surface area contributed by atoms with Crippen molar-refractivity contribution in [2.45, 2.75) is 20.8 Å². The molecule has 3 aromatic rings. The van der Waals surface area contributed by atoms with Crippen molar-refractivity contribution in [3.8, 4) is 5.75 Å². The summed E-state index contributed by atoms with van der Waals surface area (Å²) in [5.41, 5.74) is 3.09. The zero-order chi connectivity index (χ0) is 20.1. The van der Waals surface area contributed by atoms with Crippen molar-refractivity contribution in [1.82, 2.24) is 9.97 Å². The van der Waals surface area contributed by atoms with E-state index in [9.17, 15) is 4.79 Å². The zero-order valence-corrected chi connectivity index (χ0v) is 16.6. The first-order valence-electron chi connectivity index (χ1n) is 9.16. The van der Waals surface area contributed by atoms with Crippen molar-refractivity contribution >= 4 is 23.1 Å². The maximum atomic E-state index is 12.8. The molecule has 0 spiro atoms. The van der Waals surface area contributed by atoms with Crippen LogP contribution in [-0.4, -0.2) is 29.5 Å². The fourth-order valence-corrected chi connectivity index (χ4v) is 3.01. The van der Waals surface area contributed by atoms with Gasteiger partial charge in [-0.3, -0.25) is 4.79 Å². The number of para-hydroxylation sites is 2. The molecule has 6 nitrogen and oxygen atoms in total. The number of carbonyl (C=O) groups is 1. The van der Waals surface area contributed by atoms with E-state index in [4.69, 9.17) is 4.74 Å². The van der Waals surface area contributed by atoms with E-state index in [-0.39, 0.29) is 5.91 Å². The first-order valence-corrected chi connectivity index (χ1v) is 9.16. The van der Waals surface area contributed by atoms with Crippen molar-refractivity contribution in [1.29, 1.82) is 0 Å². The second kappa shape index (κ2) is 8.52. The summed E-state index contributed by atoms with van der Waals surface area (Å²) in [6, 6.07) is 17.2. The van der Waals surface area contributed by atoms with E-state index in [0.29, 0.717) is 35.3 Å².